The Labute approximate surface area is 121 Å². The molecule has 0 spiro atoms. The van der Waals surface area contributed by atoms with Gasteiger partial charge in [0.1, 0.15) is 6.04 Å². The van der Waals surface area contributed by atoms with Crippen LogP contribution < -0.4 is 0 Å². The maximum absolute atomic E-state index is 11.4. The van der Waals surface area contributed by atoms with Crippen LogP contribution in [-0.4, -0.2) is 48.3 Å². The molecule has 19 heavy (non-hydrogen) atoms. The summed E-state index contributed by atoms with van der Waals surface area (Å²) in [5, 5.41) is 10.3. The van der Waals surface area contributed by atoms with Gasteiger partial charge in [0.05, 0.1) is 23.3 Å². The molecule has 4 nitrogen and oxygen atoms in total. The van der Waals surface area contributed by atoms with Crippen molar-refractivity contribution in [2.45, 2.75) is 12.5 Å². The van der Waals surface area contributed by atoms with Gasteiger partial charge in [0.25, 0.3) is 0 Å². The fourth-order valence-corrected chi connectivity index (χ4v) is 2.57. The highest BCUT2D eigenvalue weighted by molar-refractivity contribution is 6.42. The van der Waals surface area contributed by atoms with E-state index in [1.54, 1.807) is 12.1 Å². The molecule has 0 unspecified atom stereocenters. The number of benzene rings is 1. The molecule has 1 N–H and O–H groups in total. The quantitative estimate of drug-likeness (QED) is 0.927. The topological polar surface area (TPSA) is 49.8 Å². The molecule has 0 aliphatic carbocycles. The smallest absolute Gasteiger partial charge is 0.321 e. The van der Waals surface area contributed by atoms with Gasteiger partial charge in [0.2, 0.25) is 0 Å². The van der Waals surface area contributed by atoms with Gasteiger partial charge in [-0.15, -0.1) is 0 Å². The molecule has 6 heteroatoms. The molecular formula is C13H15Cl2NO3. The number of hydrogen-bond acceptors (Lipinski definition) is 3. The predicted octanol–water partition coefficient (Wildman–Crippen LogP) is 2.32. The number of aliphatic carboxylic acids is 1. The van der Waals surface area contributed by atoms with Crippen molar-refractivity contribution >= 4 is 29.2 Å². The number of carbonyl (C=O) groups is 1. The van der Waals surface area contributed by atoms with Crippen molar-refractivity contribution in [3.63, 3.8) is 0 Å². The van der Waals surface area contributed by atoms with Crippen LogP contribution in [0.4, 0.5) is 0 Å². The van der Waals surface area contributed by atoms with E-state index < -0.39 is 12.0 Å². The fourth-order valence-electron chi connectivity index (χ4n) is 2.18. The van der Waals surface area contributed by atoms with Gasteiger partial charge >= 0.3 is 5.97 Å². The third-order valence-corrected chi connectivity index (χ3v) is 4.07. The van der Waals surface area contributed by atoms with E-state index in [0.717, 1.165) is 5.56 Å². The molecule has 0 radical (unpaired) electrons. The van der Waals surface area contributed by atoms with Gasteiger partial charge in [0.15, 0.2) is 0 Å². The van der Waals surface area contributed by atoms with Gasteiger partial charge in [-0.3, -0.25) is 9.69 Å². The summed E-state index contributed by atoms with van der Waals surface area (Å²) >= 11 is 12.1. The van der Waals surface area contributed by atoms with Crippen LogP contribution in [0.15, 0.2) is 18.2 Å². The Kier molecular flexibility index (Phi) is 5.05. The Hall–Kier alpha value is -0.810. The summed E-state index contributed by atoms with van der Waals surface area (Å²) in [5.41, 5.74) is 0.757. The number of morpholine rings is 1. The van der Waals surface area contributed by atoms with Crippen molar-refractivity contribution < 1.29 is 14.6 Å². The molecule has 0 aromatic heterocycles. The normalized spacial score (nSPS) is 18.2. The van der Waals surface area contributed by atoms with Crippen molar-refractivity contribution in [2.75, 3.05) is 26.3 Å². The van der Waals surface area contributed by atoms with Crippen molar-refractivity contribution in [3.05, 3.63) is 33.8 Å². The molecular weight excluding hydrogens is 289 g/mol. The largest absolute Gasteiger partial charge is 0.480 e. The summed E-state index contributed by atoms with van der Waals surface area (Å²) in [4.78, 5) is 13.3. The average Bonchev–Trinajstić information content (AvgIpc) is 2.41. The number of halogens is 2. The monoisotopic (exact) mass is 303 g/mol. The zero-order valence-electron chi connectivity index (χ0n) is 10.3. The lowest BCUT2D eigenvalue weighted by Gasteiger charge is -2.32. The fraction of sp³-hybridized carbons (Fsp3) is 0.462. The summed E-state index contributed by atoms with van der Waals surface area (Å²) in [5.74, 6) is -0.849. The standard InChI is InChI=1S/C13H15Cl2NO3/c14-10-3-1-2-9(12(10)15)8-11(13(17)18)16-4-6-19-7-5-16/h1-3,11H,4-8H2,(H,17,18)/t11-/m1/s1. The first-order chi connectivity index (χ1) is 9.09. The Morgan fingerprint density at radius 3 is 2.68 bits per heavy atom. The molecule has 1 aliphatic rings. The highest BCUT2D eigenvalue weighted by Gasteiger charge is 2.28. The first kappa shape index (κ1) is 14.6. The van der Waals surface area contributed by atoms with Crippen molar-refractivity contribution in [1.29, 1.82) is 0 Å². The van der Waals surface area contributed by atoms with Gasteiger partial charge in [-0.25, -0.2) is 0 Å². The summed E-state index contributed by atoms with van der Waals surface area (Å²) in [7, 11) is 0. The van der Waals surface area contributed by atoms with E-state index in [1.165, 1.54) is 0 Å². The van der Waals surface area contributed by atoms with Crippen LogP contribution >= 0.6 is 23.2 Å². The summed E-state index contributed by atoms with van der Waals surface area (Å²) in [6.07, 6.45) is 0.342. The van der Waals surface area contributed by atoms with E-state index in [0.29, 0.717) is 42.8 Å². The highest BCUT2D eigenvalue weighted by atomic mass is 35.5. The minimum absolute atomic E-state index is 0.342. The van der Waals surface area contributed by atoms with Crippen LogP contribution in [0.5, 0.6) is 0 Å². The van der Waals surface area contributed by atoms with E-state index in [9.17, 15) is 9.90 Å². The maximum Gasteiger partial charge on any atom is 0.321 e. The van der Waals surface area contributed by atoms with Gasteiger partial charge in [-0.2, -0.15) is 0 Å². The minimum Gasteiger partial charge on any atom is -0.480 e. The number of nitrogens with zero attached hydrogens (tertiary/aromatic N) is 1. The van der Waals surface area contributed by atoms with E-state index in [2.05, 4.69) is 0 Å². The minimum atomic E-state index is -0.849. The molecule has 0 bridgehead atoms. The number of carboxylic acid groups (broad SMARTS) is 1. The van der Waals surface area contributed by atoms with Gasteiger partial charge in [0, 0.05) is 19.5 Å². The molecule has 1 atom stereocenters. The molecule has 0 amide bonds. The van der Waals surface area contributed by atoms with Crippen LogP contribution in [0.1, 0.15) is 5.56 Å². The molecule has 1 aliphatic heterocycles. The molecule has 1 aromatic carbocycles. The number of rotatable bonds is 4. The predicted molar refractivity (Wildman–Crippen MR) is 74.0 cm³/mol. The van der Waals surface area contributed by atoms with Crippen LogP contribution in [0.2, 0.25) is 10.0 Å². The lowest BCUT2D eigenvalue weighted by atomic mass is 10.0. The SMILES string of the molecule is O=C(O)[C@@H](Cc1cccc(Cl)c1Cl)N1CCOCC1. The third-order valence-electron chi connectivity index (χ3n) is 3.22. The summed E-state index contributed by atoms with van der Waals surface area (Å²) < 4.78 is 5.24. The number of ether oxygens (including phenoxy) is 1. The first-order valence-corrected chi connectivity index (χ1v) is 6.82. The first-order valence-electron chi connectivity index (χ1n) is 6.07. The van der Waals surface area contributed by atoms with Gasteiger partial charge in [-0.1, -0.05) is 35.3 Å². The van der Waals surface area contributed by atoms with Gasteiger partial charge < -0.3 is 9.84 Å². The van der Waals surface area contributed by atoms with Crippen LogP contribution in [0.25, 0.3) is 0 Å². The maximum atomic E-state index is 11.4. The summed E-state index contributed by atoms with van der Waals surface area (Å²) in [6, 6.07) is 4.68. The molecule has 104 valence electrons. The molecule has 1 aromatic rings. The highest BCUT2D eigenvalue weighted by Crippen LogP contribution is 2.27. The van der Waals surface area contributed by atoms with Gasteiger partial charge in [-0.05, 0) is 11.6 Å². The Morgan fingerprint density at radius 1 is 1.37 bits per heavy atom. The lowest BCUT2D eigenvalue weighted by molar-refractivity contribution is -0.145. The summed E-state index contributed by atoms with van der Waals surface area (Å²) in [6.45, 7) is 2.37. The van der Waals surface area contributed by atoms with Crippen molar-refractivity contribution in [2.24, 2.45) is 0 Å². The second-order valence-corrected chi connectivity index (χ2v) is 5.20. The zero-order valence-corrected chi connectivity index (χ0v) is 11.8. The number of carboxylic acids is 1. The van der Waals surface area contributed by atoms with E-state index in [1.807, 2.05) is 11.0 Å². The Balaban J connectivity index is 2.16. The van der Waals surface area contributed by atoms with Crippen molar-refractivity contribution in [1.82, 2.24) is 4.90 Å². The molecule has 0 saturated carbocycles. The van der Waals surface area contributed by atoms with E-state index >= 15 is 0 Å². The molecule has 2 rings (SSSR count). The van der Waals surface area contributed by atoms with Crippen LogP contribution in [0.3, 0.4) is 0 Å². The molecule has 1 heterocycles. The number of hydrogen-bond donors (Lipinski definition) is 1. The van der Waals surface area contributed by atoms with E-state index in [-0.39, 0.29) is 0 Å². The second-order valence-electron chi connectivity index (χ2n) is 4.42. The van der Waals surface area contributed by atoms with Crippen molar-refractivity contribution in [3.8, 4) is 0 Å². The molecule has 1 saturated heterocycles. The second kappa shape index (κ2) is 6.57. The van der Waals surface area contributed by atoms with Crippen LogP contribution in [-0.2, 0) is 16.0 Å². The average molecular weight is 304 g/mol. The Bertz CT molecular complexity index is 461. The Morgan fingerprint density at radius 2 is 2.05 bits per heavy atom. The van der Waals surface area contributed by atoms with E-state index in [4.69, 9.17) is 27.9 Å². The lowest BCUT2D eigenvalue weighted by Crippen LogP contribution is -2.48. The zero-order chi connectivity index (χ0) is 13.8. The molecule has 1 fully saturated rings. The third kappa shape index (κ3) is 3.60. The van der Waals surface area contributed by atoms with Crippen LogP contribution in [0, 0.1) is 0 Å².